The summed E-state index contributed by atoms with van der Waals surface area (Å²) in [5, 5.41) is 2.85. The molecule has 0 radical (unpaired) electrons. The van der Waals surface area contributed by atoms with Crippen molar-refractivity contribution in [1.29, 1.82) is 0 Å². The van der Waals surface area contributed by atoms with Crippen molar-refractivity contribution in [2.24, 2.45) is 11.3 Å². The van der Waals surface area contributed by atoms with Gasteiger partial charge < -0.3 is 10.1 Å². The topological polar surface area (TPSA) is 55.4 Å². The van der Waals surface area contributed by atoms with E-state index in [4.69, 9.17) is 4.74 Å². The molecule has 1 saturated heterocycles. The maximum absolute atomic E-state index is 11.4. The van der Waals surface area contributed by atoms with Crippen LogP contribution in [0.2, 0.25) is 0 Å². The first kappa shape index (κ1) is 14.2. The third kappa shape index (κ3) is 4.86. The highest BCUT2D eigenvalue weighted by atomic mass is 16.5. The lowest BCUT2D eigenvalue weighted by Gasteiger charge is -2.37. The van der Waals surface area contributed by atoms with Gasteiger partial charge >= 0.3 is 0 Å². The van der Waals surface area contributed by atoms with Crippen LogP contribution in [0.1, 0.15) is 40.0 Å². The molecule has 1 aliphatic rings. The predicted molar refractivity (Wildman–Crippen MR) is 65.6 cm³/mol. The van der Waals surface area contributed by atoms with Crippen molar-refractivity contribution in [1.82, 2.24) is 5.32 Å². The Hall–Kier alpha value is -0.900. The molecule has 1 rings (SSSR count). The second-order valence-corrected chi connectivity index (χ2v) is 5.53. The summed E-state index contributed by atoms with van der Waals surface area (Å²) < 4.78 is 5.34. The Bertz CT molecular complexity index is 280. The number of nitrogens with one attached hydrogen (secondary N) is 1. The minimum absolute atomic E-state index is 0.0101. The Morgan fingerprint density at radius 3 is 2.41 bits per heavy atom. The third-order valence-corrected chi connectivity index (χ3v) is 3.48. The molecule has 0 unspecified atom stereocenters. The molecular weight excluding hydrogens is 218 g/mol. The Morgan fingerprint density at radius 1 is 1.29 bits per heavy atom. The van der Waals surface area contributed by atoms with Crippen molar-refractivity contribution in [3.05, 3.63) is 0 Å². The first-order chi connectivity index (χ1) is 7.92. The van der Waals surface area contributed by atoms with E-state index in [2.05, 4.69) is 19.2 Å². The highest BCUT2D eigenvalue weighted by molar-refractivity contribution is 5.96. The Labute approximate surface area is 103 Å². The van der Waals surface area contributed by atoms with Crippen LogP contribution in [-0.2, 0) is 14.3 Å². The summed E-state index contributed by atoms with van der Waals surface area (Å²) in [5.41, 5.74) is 0.0657. The first-order valence-corrected chi connectivity index (χ1v) is 6.25. The molecule has 1 N–H and O–H groups in total. The lowest BCUT2D eigenvalue weighted by Crippen LogP contribution is -2.41. The zero-order chi connectivity index (χ0) is 12.9. The first-order valence-electron chi connectivity index (χ1n) is 6.25. The van der Waals surface area contributed by atoms with Gasteiger partial charge in [0.05, 0.1) is 6.42 Å². The van der Waals surface area contributed by atoms with Crippen LogP contribution in [-0.4, -0.2) is 31.4 Å². The number of amides is 1. The fraction of sp³-hybridized carbons (Fsp3) is 0.846. The van der Waals surface area contributed by atoms with Crippen LogP contribution in [0.25, 0.3) is 0 Å². The zero-order valence-corrected chi connectivity index (χ0v) is 11.0. The minimum Gasteiger partial charge on any atom is -0.381 e. The van der Waals surface area contributed by atoms with E-state index in [0.717, 1.165) is 26.1 Å². The molecule has 0 aromatic heterocycles. The maximum Gasteiger partial charge on any atom is 0.227 e. The monoisotopic (exact) mass is 241 g/mol. The highest BCUT2D eigenvalue weighted by Crippen LogP contribution is 2.33. The summed E-state index contributed by atoms with van der Waals surface area (Å²) in [6.07, 6.45) is 2.09. The number of rotatable bonds is 5. The van der Waals surface area contributed by atoms with E-state index in [0.29, 0.717) is 12.5 Å². The van der Waals surface area contributed by atoms with Crippen molar-refractivity contribution in [3.63, 3.8) is 0 Å². The van der Waals surface area contributed by atoms with Crippen molar-refractivity contribution >= 4 is 11.7 Å². The van der Waals surface area contributed by atoms with Gasteiger partial charge in [-0.1, -0.05) is 13.8 Å². The molecule has 0 aromatic carbocycles. The van der Waals surface area contributed by atoms with Crippen molar-refractivity contribution in [3.8, 4) is 0 Å². The number of Topliss-reactive ketones (excluding diaryl/α,β-unsaturated/α-hetero) is 1. The van der Waals surface area contributed by atoms with Gasteiger partial charge in [-0.25, -0.2) is 0 Å². The van der Waals surface area contributed by atoms with Crippen LogP contribution in [0.5, 0.6) is 0 Å². The average molecular weight is 241 g/mol. The van der Waals surface area contributed by atoms with Gasteiger partial charge in [-0.2, -0.15) is 0 Å². The van der Waals surface area contributed by atoms with Gasteiger partial charge in [-0.15, -0.1) is 0 Å². The van der Waals surface area contributed by atoms with Crippen LogP contribution in [0.3, 0.4) is 0 Å². The fourth-order valence-corrected chi connectivity index (χ4v) is 2.24. The molecule has 0 saturated carbocycles. The number of ketones is 1. The van der Waals surface area contributed by atoms with E-state index in [-0.39, 0.29) is 23.5 Å². The Morgan fingerprint density at radius 2 is 1.88 bits per heavy atom. The smallest absolute Gasteiger partial charge is 0.227 e. The summed E-state index contributed by atoms with van der Waals surface area (Å²) in [6, 6.07) is 0. The van der Waals surface area contributed by atoms with Crippen LogP contribution >= 0.6 is 0 Å². The van der Waals surface area contributed by atoms with E-state index in [1.807, 2.05) is 0 Å². The molecule has 4 heteroatoms. The average Bonchev–Trinajstić information content (AvgIpc) is 2.27. The Balaban J connectivity index is 2.37. The van der Waals surface area contributed by atoms with E-state index in [9.17, 15) is 9.59 Å². The van der Waals surface area contributed by atoms with E-state index in [1.54, 1.807) is 0 Å². The van der Waals surface area contributed by atoms with Crippen LogP contribution in [0.4, 0.5) is 0 Å². The second-order valence-electron chi connectivity index (χ2n) is 5.53. The SMILES string of the molecule is CC(=O)CC(=O)NCC(C)(C)C1CCOCC1. The summed E-state index contributed by atoms with van der Waals surface area (Å²) >= 11 is 0. The molecule has 0 atom stereocenters. The normalized spacial score (nSPS) is 17.8. The fourth-order valence-electron chi connectivity index (χ4n) is 2.24. The molecule has 4 nitrogen and oxygen atoms in total. The molecule has 1 fully saturated rings. The summed E-state index contributed by atoms with van der Waals surface area (Å²) in [4.78, 5) is 22.2. The predicted octanol–water partition coefficient (Wildman–Crippen LogP) is 1.53. The number of ether oxygens (including phenoxy) is 1. The summed E-state index contributed by atoms with van der Waals surface area (Å²) in [6.45, 7) is 8.02. The van der Waals surface area contributed by atoms with Gasteiger partial charge in [0.25, 0.3) is 0 Å². The van der Waals surface area contributed by atoms with Crippen molar-refractivity contribution in [2.45, 2.75) is 40.0 Å². The molecule has 0 aromatic rings. The van der Waals surface area contributed by atoms with Crippen LogP contribution in [0, 0.1) is 11.3 Å². The quantitative estimate of drug-likeness (QED) is 0.743. The van der Waals surface area contributed by atoms with Crippen LogP contribution < -0.4 is 5.32 Å². The molecule has 17 heavy (non-hydrogen) atoms. The van der Waals surface area contributed by atoms with Gasteiger partial charge in [0, 0.05) is 19.8 Å². The number of carbonyl (C=O) groups is 2. The van der Waals surface area contributed by atoms with Gasteiger partial charge in [0.2, 0.25) is 5.91 Å². The largest absolute Gasteiger partial charge is 0.381 e. The molecule has 0 spiro atoms. The molecule has 1 heterocycles. The molecule has 0 aliphatic carbocycles. The molecule has 0 bridgehead atoms. The van der Waals surface area contributed by atoms with E-state index < -0.39 is 0 Å². The highest BCUT2D eigenvalue weighted by Gasteiger charge is 2.31. The van der Waals surface area contributed by atoms with Gasteiger partial charge in [0.1, 0.15) is 5.78 Å². The number of hydrogen-bond donors (Lipinski definition) is 1. The molecule has 98 valence electrons. The van der Waals surface area contributed by atoms with Gasteiger partial charge in [0.15, 0.2) is 0 Å². The van der Waals surface area contributed by atoms with Crippen molar-refractivity contribution < 1.29 is 14.3 Å². The van der Waals surface area contributed by atoms with E-state index in [1.165, 1.54) is 6.92 Å². The van der Waals surface area contributed by atoms with Crippen LogP contribution in [0.15, 0.2) is 0 Å². The summed E-state index contributed by atoms with van der Waals surface area (Å²) in [5.74, 6) is 0.317. The number of hydrogen-bond acceptors (Lipinski definition) is 3. The lowest BCUT2D eigenvalue weighted by molar-refractivity contribution is -0.127. The van der Waals surface area contributed by atoms with Crippen molar-refractivity contribution in [2.75, 3.05) is 19.8 Å². The number of carbonyl (C=O) groups excluding carboxylic acids is 2. The van der Waals surface area contributed by atoms with Gasteiger partial charge in [-0.05, 0) is 31.1 Å². The van der Waals surface area contributed by atoms with Gasteiger partial charge in [-0.3, -0.25) is 9.59 Å². The Kier molecular flexibility index (Phi) is 5.12. The second kappa shape index (κ2) is 6.15. The standard InChI is InChI=1S/C13H23NO3/c1-10(15)8-12(16)14-9-13(2,3)11-4-6-17-7-5-11/h11H,4-9H2,1-3H3,(H,14,16). The lowest BCUT2D eigenvalue weighted by atomic mass is 9.74. The zero-order valence-electron chi connectivity index (χ0n) is 11.0. The molecular formula is C13H23NO3. The third-order valence-electron chi connectivity index (χ3n) is 3.48. The summed E-state index contributed by atoms with van der Waals surface area (Å²) in [7, 11) is 0. The van der Waals surface area contributed by atoms with E-state index >= 15 is 0 Å². The minimum atomic E-state index is -0.169. The molecule has 1 aliphatic heterocycles. The maximum atomic E-state index is 11.4. The molecule has 1 amide bonds.